The molecule has 1 saturated heterocycles. The molecule has 0 aliphatic carbocycles. The van der Waals surface area contributed by atoms with Gasteiger partial charge in [-0.05, 0) is 79.6 Å². The summed E-state index contributed by atoms with van der Waals surface area (Å²) in [6, 6.07) is 26.2. The van der Waals surface area contributed by atoms with Gasteiger partial charge in [0, 0.05) is 41.9 Å². The van der Waals surface area contributed by atoms with Crippen molar-refractivity contribution < 1.29 is 18.0 Å². The van der Waals surface area contributed by atoms with E-state index in [-0.39, 0.29) is 39.5 Å². The van der Waals surface area contributed by atoms with Crippen molar-refractivity contribution in [2.75, 3.05) is 29.4 Å². The highest BCUT2D eigenvalue weighted by Crippen LogP contribution is 2.38. The summed E-state index contributed by atoms with van der Waals surface area (Å²) >= 11 is 6.23. The molecular weight excluding hydrogens is 570 g/mol. The summed E-state index contributed by atoms with van der Waals surface area (Å²) in [5.74, 6) is -0.666. The van der Waals surface area contributed by atoms with E-state index in [9.17, 15) is 18.0 Å². The number of nitrogens with zero attached hydrogens (tertiary/aromatic N) is 3. The first-order valence-electron chi connectivity index (χ1n) is 13.8. The van der Waals surface area contributed by atoms with Crippen LogP contribution in [0.5, 0.6) is 0 Å². The lowest BCUT2D eigenvalue weighted by atomic mass is 10.1. The summed E-state index contributed by atoms with van der Waals surface area (Å²) in [4.78, 5) is 33.2. The van der Waals surface area contributed by atoms with Crippen LogP contribution in [-0.2, 0) is 16.4 Å². The smallest absolute Gasteiger partial charge is 0.259 e. The second-order valence-electron chi connectivity index (χ2n) is 10.8. The highest BCUT2D eigenvalue weighted by Gasteiger charge is 2.37. The molecule has 4 aromatic rings. The van der Waals surface area contributed by atoms with Crippen molar-refractivity contribution in [3.05, 3.63) is 118 Å². The maximum atomic E-state index is 13.9. The van der Waals surface area contributed by atoms with Gasteiger partial charge in [-0.2, -0.15) is 0 Å². The summed E-state index contributed by atoms with van der Waals surface area (Å²) in [5.41, 5.74) is 3.63. The van der Waals surface area contributed by atoms with Crippen molar-refractivity contribution in [2.45, 2.75) is 36.2 Å². The second-order valence-corrected chi connectivity index (χ2v) is 13.2. The third-order valence-electron chi connectivity index (χ3n) is 7.92. The van der Waals surface area contributed by atoms with Crippen LogP contribution >= 0.6 is 11.6 Å². The Morgan fingerprint density at radius 3 is 2.45 bits per heavy atom. The average Bonchev–Trinajstić information content (AvgIpc) is 3.04. The molecule has 1 atom stereocenters. The SMILES string of the molecule is Cc1cccc(N2CCN(C(=O)c3ccc4c(c3)N(Cc3cccc(Cl)c3)C(=O)c3ccccc3S4(=O)=O)C[C@@H]2C)c1. The van der Waals surface area contributed by atoms with Gasteiger partial charge >= 0.3 is 0 Å². The lowest BCUT2D eigenvalue weighted by Gasteiger charge is -2.41. The van der Waals surface area contributed by atoms with E-state index in [1.807, 2.05) is 12.1 Å². The molecule has 0 aromatic heterocycles. The van der Waals surface area contributed by atoms with E-state index in [1.54, 1.807) is 47.4 Å². The standard InChI is InChI=1S/C33H30ClN3O4S/c1-22-7-5-10-27(17-22)36-16-15-35(20-23(36)2)32(38)25-13-14-31-29(19-25)37(21-24-8-6-9-26(34)18-24)33(39)28-11-3-4-12-30(28)42(31,40)41/h3-14,17-19,23H,15-16,20-21H2,1-2H3/t23-/m0/s1. The van der Waals surface area contributed by atoms with Crippen LogP contribution in [0.1, 0.15) is 38.8 Å². The van der Waals surface area contributed by atoms with Gasteiger partial charge in [0.25, 0.3) is 11.8 Å². The van der Waals surface area contributed by atoms with Crippen LogP contribution in [0.2, 0.25) is 5.02 Å². The molecule has 2 heterocycles. The quantitative estimate of drug-likeness (QED) is 0.288. The first kappa shape index (κ1) is 28.0. The third kappa shape index (κ3) is 5.05. The van der Waals surface area contributed by atoms with E-state index in [0.717, 1.165) is 11.3 Å². The Balaban J connectivity index is 1.37. The van der Waals surface area contributed by atoms with Crippen LogP contribution in [0.3, 0.4) is 0 Å². The van der Waals surface area contributed by atoms with Crippen molar-refractivity contribution in [1.29, 1.82) is 0 Å². The maximum absolute atomic E-state index is 13.9. The number of amides is 2. The van der Waals surface area contributed by atoms with Crippen LogP contribution in [0.25, 0.3) is 0 Å². The molecule has 7 nitrogen and oxygen atoms in total. The van der Waals surface area contributed by atoms with Crippen LogP contribution in [-0.4, -0.2) is 50.8 Å². The van der Waals surface area contributed by atoms with Crippen LogP contribution in [0.4, 0.5) is 11.4 Å². The van der Waals surface area contributed by atoms with Crippen molar-refractivity contribution in [3.8, 4) is 0 Å². The summed E-state index contributed by atoms with van der Waals surface area (Å²) in [7, 11) is -4.04. The Labute approximate surface area is 250 Å². The van der Waals surface area contributed by atoms with Gasteiger partial charge in [0.15, 0.2) is 0 Å². The first-order chi connectivity index (χ1) is 20.1. The fraction of sp³-hybridized carbons (Fsp3) is 0.212. The molecule has 4 aromatic carbocycles. The molecule has 6 rings (SSSR count). The van der Waals surface area contributed by atoms with Gasteiger partial charge in [-0.1, -0.05) is 48.0 Å². The Hall–Kier alpha value is -4.14. The lowest BCUT2D eigenvalue weighted by Crippen LogP contribution is -2.53. The van der Waals surface area contributed by atoms with Gasteiger partial charge < -0.3 is 14.7 Å². The Morgan fingerprint density at radius 1 is 0.905 bits per heavy atom. The summed E-state index contributed by atoms with van der Waals surface area (Å²) in [5, 5.41) is 0.505. The first-order valence-corrected chi connectivity index (χ1v) is 15.7. The molecule has 2 aliphatic heterocycles. The van der Waals surface area contributed by atoms with Gasteiger partial charge in [-0.15, -0.1) is 0 Å². The lowest BCUT2D eigenvalue weighted by molar-refractivity contribution is 0.0726. The zero-order chi connectivity index (χ0) is 29.6. The zero-order valence-electron chi connectivity index (χ0n) is 23.3. The van der Waals surface area contributed by atoms with E-state index in [0.29, 0.717) is 30.2 Å². The molecular formula is C33H30ClN3O4S. The third-order valence-corrected chi connectivity index (χ3v) is 10.0. The summed E-state index contributed by atoms with van der Waals surface area (Å²) in [6.07, 6.45) is 0. The van der Waals surface area contributed by atoms with E-state index in [1.165, 1.54) is 28.7 Å². The largest absolute Gasteiger partial charge is 0.365 e. The number of aryl methyl sites for hydroxylation is 1. The monoisotopic (exact) mass is 599 g/mol. The molecule has 0 radical (unpaired) electrons. The minimum absolute atomic E-state index is 0.0167. The van der Waals surface area contributed by atoms with Gasteiger partial charge in [0.2, 0.25) is 9.84 Å². The van der Waals surface area contributed by atoms with Crippen LogP contribution in [0, 0.1) is 6.92 Å². The van der Waals surface area contributed by atoms with Crippen molar-refractivity contribution in [2.24, 2.45) is 0 Å². The minimum Gasteiger partial charge on any atom is -0.365 e. The second kappa shape index (κ2) is 10.9. The number of rotatable bonds is 4. The Morgan fingerprint density at radius 2 is 1.69 bits per heavy atom. The molecule has 0 unspecified atom stereocenters. The van der Waals surface area contributed by atoms with E-state index in [4.69, 9.17) is 11.6 Å². The molecule has 42 heavy (non-hydrogen) atoms. The van der Waals surface area contributed by atoms with E-state index >= 15 is 0 Å². The number of hydrogen-bond donors (Lipinski definition) is 0. The molecule has 0 bridgehead atoms. The van der Waals surface area contributed by atoms with Crippen molar-refractivity contribution >= 4 is 44.6 Å². The number of carbonyl (C=O) groups excluding carboxylic acids is 2. The molecule has 1 fully saturated rings. The number of carbonyl (C=O) groups is 2. The summed E-state index contributed by atoms with van der Waals surface area (Å²) < 4.78 is 27.7. The number of benzene rings is 4. The van der Waals surface area contributed by atoms with Gasteiger partial charge in [0.1, 0.15) is 0 Å². The number of sulfone groups is 1. The van der Waals surface area contributed by atoms with Gasteiger partial charge in [-0.3, -0.25) is 9.59 Å². The molecule has 0 N–H and O–H groups in total. The number of hydrogen-bond acceptors (Lipinski definition) is 5. The number of fused-ring (bicyclic) bond motifs is 2. The molecule has 2 amide bonds. The average molecular weight is 600 g/mol. The molecule has 0 spiro atoms. The number of halogens is 1. The molecule has 9 heteroatoms. The predicted molar refractivity (Wildman–Crippen MR) is 164 cm³/mol. The van der Waals surface area contributed by atoms with Crippen molar-refractivity contribution in [1.82, 2.24) is 4.90 Å². The topological polar surface area (TPSA) is 78.0 Å². The Kier molecular flexibility index (Phi) is 7.29. The summed E-state index contributed by atoms with van der Waals surface area (Å²) in [6.45, 7) is 5.94. The van der Waals surface area contributed by atoms with Gasteiger partial charge in [-0.25, -0.2) is 8.42 Å². The van der Waals surface area contributed by atoms with Crippen molar-refractivity contribution in [3.63, 3.8) is 0 Å². The Bertz CT molecular complexity index is 1820. The normalized spacial score (nSPS) is 17.8. The number of piperazine rings is 1. The predicted octanol–water partition coefficient (Wildman–Crippen LogP) is 5.99. The van der Waals surface area contributed by atoms with Gasteiger partial charge in [0.05, 0.1) is 27.6 Å². The highest BCUT2D eigenvalue weighted by molar-refractivity contribution is 7.91. The molecule has 2 aliphatic rings. The minimum atomic E-state index is -4.04. The highest BCUT2D eigenvalue weighted by atomic mass is 35.5. The van der Waals surface area contributed by atoms with Crippen LogP contribution < -0.4 is 9.80 Å². The molecule has 214 valence electrons. The molecule has 0 saturated carbocycles. The fourth-order valence-corrected chi connectivity index (χ4v) is 7.67. The van der Waals surface area contributed by atoms with E-state index < -0.39 is 15.7 Å². The maximum Gasteiger partial charge on any atom is 0.259 e. The van der Waals surface area contributed by atoms with E-state index in [2.05, 4.69) is 36.9 Å². The van der Waals surface area contributed by atoms with Crippen LogP contribution in [0.15, 0.2) is 101 Å². The fourth-order valence-electron chi connectivity index (χ4n) is 5.83. The zero-order valence-corrected chi connectivity index (χ0v) is 24.9. The number of anilines is 2.